The second-order valence-corrected chi connectivity index (χ2v) is 4.21. The summed E-state index contributed by atoms with van der Waals surface area (Å²) in [7, 11) is 0. The molecule has 0 aliphatic carbocycles. The zero-order valence-corrected chi connectivity index (χ0v) is 9.55. The number of hydrogen-bond donors (Lipinski definition) is 2. The standard InChI is InChI=1S/C11H14N4O2/c1-7-4-12-5-10-13-14-11(15(7)10)9-3-2-8(6-16)17-9/h2-3,7,12,16H,4-6H2,1H3. The Hall–Kier alpha value is -1.66. The van der Waals surface area contributed by atoms with Gasteiger partial charge in [-0.15, -0.1) is 10.2 Å². The van der Waals surface area contributed by atoms with Crippen molar-refractivity contribution < 1.29 is 9.52 Å². The van der Waals surface area contributed by atoms with Crippen LogP contribution in [0.25, 0.3) is 11.6 Å². The highest BCUT2D eigenvalue weighted by atomic mass is 16.4. The molecule has 0 spiro atoms. The lowest BCUT2D eigenvalue weighted by Crippen LogP contribution is -2.31. The number of furan rings is 1. The van der Waals surface area contributed by atoms with E-state index >= 15 is 0 Å². The summed E-state index contributed by atoms with van der Waals surface area (Å²) in [5.41, 5.74) is 0. The summed E-state index contributed by atoms with van der Waals surface area (Å²) in [4.78, 5) is 0. The van der Waals surface area contributed by atoms with Gasteiger partial charge in [0.15, 0.2) is 11.6 Å². The Morgan fingerprint density at radius 3 is 3.18 bits per heavy atom. The fraction of sp³-hybridized carbons (Fsp3) is 0.455. The Morgan fingerprint density at radius 1 is 1.53 bits per heavy atom. The number of aromatic nitrogens is 3. The molecule has 3 rings (SSSR count). The number of rotatable bonds is 2. The molecule has 17 heavy (non-hydrogen) atoms. The van der Waals surface area contributed by atoms with Crippen LogP contribution in [-0.4, -0.2) is 26.4 Å². The zero-order valence-electron chi connectivity index (χ0n) is 9.55. The van der Waals surface area contributed by atoms with Gasteiger partial charge < -0.3 is 19.4 Å². The van der Waals surface area contributed by atoms with Gasteiger partial charge in [0.2, 0.25) is 0 Å². The lowest BCUT2D eigenvalue weighted by molar-refractivity contribution is 0.248. The van der Waals surface area contributed by atoms with Crippen LogP contribution >= 0.6 is 0 Å². The van der Waals surface area contributed by atoms with Crippen molar-refractivity contribution in [1.29, 1.82) is 0 Å². The maximum Gasteiger partial charge on any atom is 0.200 e. The predicted molar refractivity (Wildman–Crippen MR) is 60.1 cm³/mol. The molecule has 2 N–H and O–H groups in total. The second-order valence-electron chi connectivity index (χ2n) is 4.21. The van der Waals surface area contributed by atoms with Crippen LogP contribution in [0.5, 0.6) is 0 Å². The third kappa shape index (κ3) is 1.65. The summed E-state index contributed by atoms with van der Waals surface area (Å²) in [5.74, 6) is 2.84. The van der Waals surface area contributed by atoms with E-state index in [9.17, 15) is 0 Å². The van der Waals surface area contributed by atoms with Gasteiger partial charge >= 0.3 is 0 Å². The summed E-state index contributed by atoms with van der Waals surface area (Å²) in [5, 5.41) is 20.6. The maximum atomic E-state index is 8.99. The van der Waals surface area contributed by atoms with E-state index in [1.807, 2.05) is 6.07 Å². The van der Waals surface area contributed by atoms with Crippen molar-refractivity contribution >= 4 is 0 Å². The van der Waals surface area contributed by atoms with Crippen molar-refractivity contribution in [1.82, 2.24) is 20.1 Å². The average molecular weight is 234 g/mol. The van der Waals surface area contributed by atoms with Crippen LogP contribution in [0.2, 0.25) is 0 Å². The molecule has 90 valence electrons. The number of fused-ring (bicyclic) bond motifs is 1. The fourth-order valence-corrected chi connectivity index (χ4v) is 2.14. The van der Waals surface area contributed by atoms with Crippen LogP contribution in [0.4, 0.5) is 0 Å². The fourth-order valence-electron chi connectivity index (χ4n) is 2.14. The Labute approximate surface area is 98.3 Å². The minimum atomic E-state index is -0.0991. The van der Waals surface area contributed by atoms with Gasteiger partial charge in [-0.2, -0.15) is 0 Å². The van der Waals surface area contributed by atoms with E-state index in [0.717, 1.165) is 24.7 Å². The molecule has 1 unspecified atom stereocenters. The highest BCUT2D eigenvalue weighted by Gasteiger charge is 2.23. The van der Waals surface area contributed by atoms with Crippen molar-refractivity contribution in [3.8, 4) is 11.6 Å². The highest BCUT2D eigenvalue weighted by molar-refractivity contribution is 5.48. The first-order valence-electron chi connectivity index (χ1n) is 5.64. The Balaban J connectivity index is 2.06. The van der Waals surface area contributed by atoms with E-state index in [2.05, 4.69) is 27.0 Å². The first-order chi connectivity index (χ1) is 8.29. The average Bonchev–Trinajstić information content (AvgIpc) is 2.94. The SMILES string of the molecule is CC1CNCc2nnc(-c3ccc(CO)o3)n21. The molecule has 2 aromatic heterocycles. The van der Waals surface area contributed by atoms with E-state index in [4.69, 9.17) is 9.52 Å². The molecule has 0 saturated heterocycles. The van der Waals surface area contributed by atoms with Gasteiger partial charge in [0, 0.05) is 12.6 Å². The van der Waals surface area contributed by atoms with Crippen molar-refractivity contribution in [3.05, 3.63) is 23.7 Å². The number of aliphatic hydroxyl groups is 1. The number of nitrogens with one attached hydrogen (secondary N) is 1. The lowest BCUT2D eigenvalue weighted by atomic mass is 10.2. The first kappa shape index (κ1) is 10.5. The monoisotopic (exact) mass is 234 g/mol. The summed E-state index contributed by atoms with van der Waals surface area (Å²) in [6.45, 7) is 3.63. The molecule has 1 aliphatic heterocycles. The first-order valence-corrected chi connectivity index (χ1v) is 5.64. The smallest absolute Gasteiger partial charge is 0.200 e. The molecule has 1 atom stereocenters. The summed E-state index contributed by atoms with van der Waals surface area (Å²) < 4.78 is 7.58. The minimum absolute atomic E-state index is 0.0991. The van der Waals surface area contributed by atoms with Crippen molar-refractivity contribution in [2.45, 2.75) is 26.1 Å². The summed E-state index contributed by atoms with van der Waals surface area (Å²) >= 11 is 0. The summed E-state index contributed by atoms with van der Waals surface area (Å²) in [6.07, 6.45) is 0. The molecule has 0 radical (unpaired) electrons. The molecular weight excluding hydrogens is 220 g/mol. The van der Waals surface area contributed by atoms with Gasteiger partial charge in [-0.25, -0.2) is 0 Å². The van der Waals surface area contributed by atoms with Gasteiger partial charge in [0.05, 0.1) is 6.54 Å². The quantitative estimate of drug-likeness (QED) is 0.799. The molecule has 1 aliphatic rings. The molecule has 0 amide bonds. The second kappa shape index (κ2) is 3.97. The van der Waals surface area contributed by atoms with Crippen LogP contribution in [0.3, 0.4) is 0 Å². The van der Waals surface area contributed by atoms with Crippen LogP contribution in [0.1, 0.15) is 24.6 Å². The van der Waals surface area contributed by atoms with Crippen molar-refractivity contribution in [3.63, 3.8) is 0 Å². The van der Waals surface area contributed by atoms with Crippen molar-refractivity contribution in [2.24, 2.45) is 0 Å². The van der Waals surface area contributed by atoms with Crippen molar-refractivity contribution in [2.75, 3.05) is 6.54 Å². The highest BCUT2D eigenvalue weighted by Crippen LogP contribution is 2.26. The largest absolute Gasteiger partial charge is 0.455 e. The predicted octanol–water partition coefficient (Wildman–Crippen LogP) is 0.695. The third-order valence-corrected chi connectivity index (χ3v) is 2.97. The topological polar surface area (TPSA) is 76.1 Å². The molecule has 0 aromatic carbocycles. The third-order valence-electron chi connectivity index (χ3n) is 2.97. The minimum Gasteiger partial charge on any atom is -0.455 e. The van der Waals surface area contributed by atoms with Crippen LogP contribution in [0.15, 0.2) is 16.5 Å². The maximum absolute atomic E-state index is 8.99. The zero-order chi connectivity index (χ0) is 11.8. The van der Waals surface area contributed by atoms with E-state index in [1.165, 1.54) is 0 Å². The molecule has 0 saturated carbocycles. The molecule has 2 aromatic rings. The van der Waals surface area contributed by atoms with Gasteiger partial charge in [0.25, 0.3) is 0 Å². The molecule has 0 fully saturated rings. The van der Waals surface area contributed by atoms with Gasteiger partial charge in [-0.3, -0.25) is 0 Å². The Morgan fingerprint density at radius 2 is 2.41 bits per heavy atom. The van der Waals surface area contributed by atoms with E-state index in [0.29, 0.717) is 17.6 Å². The van der Waals surface area contributed by atoms with Gasteiger partial charge in [0.1, 0.15) is 18.2 Å². The molecule has 6 nitrogen and oxygen atoms in total. The van der Waals surface area contributed by atoms with Gasteiger partial charge in [-0.05, 0) is 19.1 Å². The Bertz CT molecular complexity index is 531. The van der Waals surface area contributed by atoms with Gasteiger partial charge in [-0.1, -0.05) is 0 Å². The van der Waals surface area contributed by atoms with Crippen LogP contribution in [-0.2, 0) is 13.2 Å². The number of hydrogen-bond acceptors (Lipinski definition) is 5. The Kier molecular flexibility index (Phi) is 2.45. The van der Waals surface area contributed by atoms with Crippen LogP contribution < -0.4 is 5.32 Å². The molecule has 3 heterocycles. The van der Waals surface area contributed by atoms with E-state index < -0.39 is 0 Å². The molecular formula is C11H14N4O2. The lowest BCUT2D eigenvalue weighted by Gasteiger charge is -2.22. The summed E-state index contributed by atoms with van der Waals surface area (Å²) in [6, 6.07) is 3.87. The number of nitrogens with zero attached hydrogens (tertiary/aromatic N) is 3. The van der Waals surface area contributed by atoms with E-state index in [-0.39, 0.29) is 6.61 Å². The van der Waals surface area contributed by atoms with Crippen LogP contribution in [0, 0.1) is 0 Å². The van der Waals surface area contributed by atoms with E-state index in [1.54, 1.807) is 6.07 Å². The normalized spacial score (nSPS) is 19.3. The molecule has 6 heteroatoms. The molecule has 0 bridgehead atoms. The number of aliphatic hydroxyl groups excluding tert-OH is 1.